The van der Waals surface area contributed by atoms with Crippen molar-refractivity contribution in [2.24, 2.45) is 17.8 Å². The molecule has 0 aliphatic rings. The lowest BCUT2D eigenvalue weighted by Gasteiger charge is -2.32. The predicted molar refractivity (Wildman–Crippen MR) is 90.7 cm³/mol. The SMILES string of the molecule is CCC(C)C(C)C(c1cc(CC(C)=O)c(C)[nH]1)C(C)CC. The van der Waals surface area contributed by atoms with E-state index in [-0.39, 0.29) is 5.78 Å². The summed E-state index contributed by atoms with van der Waals surface area (Å²) in [6.45, 7) is 15.4. The Bertz CT molecular complexity index is 460. The fourth-order valence-corrected chi connectivity index (χ4v) is 3.35. The number of carbonyl (C=O) groups is 1. The van der Waals surface area contributed by atoms with Gasteiger partial charge in [0.2, 0.25) is 0 Å². The molecule has 1 heterocycles. The third-order valence-corrected chi connectivity index (χ3v) is 5.31. The molecule has 1 rings (SSSR count). The van der Waals surface area contributed by atoms with Crippen LogP contribution in [0.5, 0.6) is 0 Å². The van der Waals surface area contributed by atoms with Gasteiger partial charge in [0.05, 0.1) is 0 Å². The average Bonchev–Trinajstić information content (AvgIpc) is 2.77. The summed E-state index contributed by atoms with van der Waals surface area (Å²) in [5, 5.41) is 0. The lowest BCUT2D eigenvalue weighted by Crippen LogP contribution is -2.23. The molecule has 0 bridgehead atoms. The molecule has 2 heteroatoms. The van der Waals surface area contributed by atoms with Gasteiger partial charge in [0.1, 0.15) is 5.78 Å². The number of rotatable bonds is 8. The van der Waals surface area contributed by atoms with Gasteiger partial charge < -0.3 is 4.98 Å². The van der Waals surface area contributed by atoms with Crippen molar-refractivity contribution in [3.63, 3.8) is 0 Å². The summed E-state index contributed by atoms with van der Waals surface area (Å²) in [4.78, 5) is 15.0. The van der Waals surface area contributed by atoms with Crippen LogP contribution >= 0.6 is 0 Å². The number of nitrogens with one attached hydrogen (secondary N) is 1. The van der Waals surface area contributed by atoms with Gasteiger partial charge in [0, 0.05) is 23.7 Å². The van der Waals surface area contributed by atoms with Gasteiger partial charge in [-0.25, -0.2) is 0 Å². The highest BCUT2D eigenvalue weighted by atomic mass is 16.1. The fraction of sp³-hybridized carbons (Fsp3) is 0.737. The van der Waals surface area contributed by atoms with Crippen molar-refractivity contribution < 1.29 is 4.79 Å². The first-order valence-electron chi connectivity index (χ1n) is 8.49. The average molecular weight is 291 g/mol. The molecule has 2 nitrogen and oxygen atoms in total. The van der Waals surface area contributed by atoms with Crippen LogP contribution in [0, 0.1) is 24.7 Å². The van der Waals surface area contributed by atoms with Crippen LogP contribution in [0.2, 0.25) is 0 Å². The summed E-state index contributed by atoms with van der Waals surface area (Å²) < 4.78 is 0. The molecular formula is C19H33NO. The third kappa shape index (κ3) is 4.46. The summed E-state index contributed by atoms with van der Waals surface area (Å²) in [5.41, 5.74) is 3.65. The quantitative estimate of drug-likeness (QED) is 0.695. The minimum atomic E-state index is 0.235. The minimum Gasteiger partial charge on any atom is -0.362 e. The second-order valence-electron chi connectivity index (χ2n) is 6.91. The number of hydrogen-bond acceptors (Lipinski definition) is 1. The zero-order chi connectivity index (χ0) is 16.2. The van der Waals surface area contributed by atoms with Crippen molar-refractivity contribution in [2.45, 2.75) is 73.6 Å². The van der Waals surface area contributed by atoms with Gasteiger partial charge in [-0.2, -0.15) is 0 Å². The number of Topliss-reactive ketones (excluding diaryl/α,β-unsaturated/α-hetero) is 1. The van der Waals surface area contributed by atoms with E-state index in [1.807, 2.05) is 0 Å². The largest absolute Gasteiger partial charge is 0.362 e. The maximum Gasteiger partial charge on any atom is 0.134 e. The first-order chi connectivity index (χ1) is 9.81. The Kier molecular flexibility index (Phi) is 6.70. The molecule has 1 aromatic rings. The predicted octanol–water partition coefficient (Wildman–Crippen LogP) is 5.27. The van der Waals surface area contributed by atoms with Crippen LogP contribution in [0.1, 0.15) is 77.3 Å². The number of aromatic amines is 1. The molecule has 0 saturated heterocycles. The van der Waals surface area contributed by atoms with Crippen LogP contribution in [0.15, 0.2) is 6.07 Å². The van der Waals surface area contributed by atoms with Gasteiger partial charge in [0.25, 0.3) is 0 Å². The summed E-state index contributed by atoms with van der Waals surface area (Å²) in [5.74, 6) is 2.79. The van der Waals surface area contributed by atoms with Gasteiger partial charge >= 0.3 is 0 Å². The first-order valence-corrected chi connectivity index (χ1v) is 8.49. The Morgan fingerprint density at radius 2 is 1.71 bits per heavy atom. The normalized spacial score (nSPS) is 17.3. The summed E-state index contributed by atoms with van der Waals surface area (Å²) in [7, 11) is 0. The zero-order valence-electron chi connectivity index (χ0n) is 14.9. The van der Waals surface area contributed by atoms with Crippen molar-refractivity contribution >= 4 is 5.78 Å². The van der Waals surface area contributed by atoms with Crippen LogP contribution in [-0.4, -0.2) is 10.8 Å². The van der Waals surface area contributed by atoms with E-state index in [9.17, 15) is 4.79 Å². The van der Waals surface area contributed by atoms with Crippen molar-refractivity contribution in [3.05, 3.63) is 23.0 Å². The van der Waals surface area contributed by atoms with Gasteiger partial charge in [-0.15, -0.1) is 0 Å². The number of aromatic nitrogens is 1. The molecule has 0 spiro atoms. The zero-order valence-corrected chi connectivity index (χ0v) is 14.9. The molecule has 0 aliphatic carbocycles. The van der Waals surface area contributed by atoms with E-state index in [1.165, 1.54) is 24.1 Å². The molecule has 0 aromatic carbocycles. The molecule has 0 saturated carbocycles. The number of hydrogen-bond donors (Lipinski definition) is 1. The highest BCUT2D eigenvalue weighted by Gasteiger charge is 2.29. The van der Waals surface area contributed by atoms with Crippen molar-refractivity contribution in [1.82, 2.24) is 4.98 Å². The van der Waals surface area contributed by atoms with E-state index < -0.39 is 0 Å². The molecule has 0 radical (unpaired) electrons. The molecule has 0 aliphatic heterocycles. The van der Waals surface area contributed by atoms with Gasteiger partial charge in [-0.05, 0) is 43.2 Å². The van der Waals surface area contributed by atoms with Gasteiger partial charge in [-0.3, -0.25) is 4.79 Å². The molecule has 0 amide bonds. The Morgan fingerprint density at radius 3 is 2.19 bits per heavy atom. The van der Waals surface area contributed by atoms with Crippen LogP contribution in [0.3, 0.4) is 0 Å². The van der Waals surface area contributed by atoms with Crippen molar-refractivity contribution in [3.8, 4) is 0 Å². The maximum atomic E-state index is 11.4. The lowest BCUT2D eigenvalue weighted by molar-refractivity contribution is -0.116. The summed E-state index contributed by atoms with van der Waals surface area (Å²) >= 11 is 0. The van der Waals surface area contributed by atoms with Gasteiger partial charge in [0.15, 0.2) is 0 Å². The Hall–Kier alpha value is -1.05. The van der Waals surface area contributed by atoms with Crippen LogP contribution in [0.4, 0.5) is 0 Å². The molecule has 1 N–H and O–H groups in total. The summed E-state index contributed by atoms with van der Waals surface area (Å²) in [6.07, 6.45) is 2.95. The molecular weight excluding hydrogens is 258 g/mol. The van der Waals surface area contributed by atoms with Crippen LogP contribution < -0.4 is 0 Å². The Morgan fingerprint density at radius 1 is 1.14 bits per heavy atom. The van der Waals surface area contributed by atoms with Crippen LogP contribution in [0.25, 0.3) is 0 Å². The first kappa shape index (κ1) is 18.0. The molecule has 120 valence electrons. The van der Waals surface area contributed by atoms with Crippen molar-refractivity contribution in [1.29, 1.82) is 0 Å². The summed E-state index contributed by atoms with van der Waals surface area (Å²) in [6, 6.07) is 2.24. The second-order valence-corrected chi connectivity index (χ2v) is 6.91. The van der Waals surface area contributed by atoms with E-state index in [0.29, 0.717) is 30.1 Å². The fourth-order valence-electron chi connectivity index (χ4n) is 3.35. The standard InChI is InChI=1S/C19H33NO/c1-8-12(3)15(6)19(13(4)9-2)18-11-17(10-14(5)21)16(7)20-18/h11-13,15,19-20H,8-10H2,1-7H3. The van der Waals surface area contributed by atoms with Crippen molar-refractivity contribution in [2.75, 3.05) is 0 Å². The number of H-pyrrole nitrogens is 1. The van der Waals surface area contributed by atoms with E-state index in [1.54, 1.807) is 6.92 Å². The van der Waals surface area contributed by atoms with Gasteiger partial charge in [-0.1, -0.05) is 47.5 Å². The number of ketones is 1. The smallest absolute Gasteiger partial charge is 0.134 e. The maximum absolute atomic E-state index is 11.4. The lowest BCUT2D eigenvalue weighted by atomic mass is 9.74. The Labute approximate surface area is 130 Å². The second kappa shape index (κ2) is 7.82. The molecule has 0 fully saturated rings. The van der Waals surface area contributed by atoms with E-state index in [0.717, 1.165) is 5.69 Å². The third-order valence-electron chi connectivity index (χ3n) is 5.31. The molecule has 4 unspecified atom stereocenters. The Balaban J connectivity index is 3.12. The van der Waals surface area contributed by atoms with E-state index in [2.05, 4.69) is 52.6 Å². The topological polar surface area (TPSA) is 32.9 Å². The minimum absolute atomic E-state index is 0.235. The molecule has 21 heavy (non-hydrogen) atoms. The number of aryl methyl sites for hydroxylation is 1. The van der Waals surface area contributed by atoms with Crippen LogP contribution in [-0.2, 0) is 11.2 Å². The highest BCUT2D eigenvalue weighted by molar-refractivity contribution is 5.78. The number of carbonyl (C=O) groups excluding carboxylic acids is 1. The van der Waals surface area contributed by atoms with E-state index in [4.69, 9.17) is 0 Å². The highest BCUT2D eigenvalue weighted by Crippen LogP contribution is 2.38. The molecule has 4 atom stereocenters. The monoisotopic (exact) mass is 291 g/mol. The van der Waals surface area contributed by atoms with E-state index >= 15 is 0 Å². The molecule has 1 aromatic heterocycles.